The largest absolute Gasteiger partial charge is 0.387 e. The second-order valence-corrected chi connectivity index (χ2v) is 5.01. The number of amidine groups is 1. The van der Waals surface area contributed by atoms with Crippen LogP contribution in [0, 0.1) is 11.8 Å². The summed E-state index contributed by atoms with van der Waals surface area (Å²) in [5.41, 5.74) is 6.07. The number of hydrogen-bond donors (Lipinski definition) is 1. The van der Waals surface area contributed by atoms with Crippen LogP contribution < -0.4 is 5.73 Å². The molecule has 2 nitrogen and oxygen atoms in total. The van der Waals surface area contributed by atoms with Crippen molar-refractivity contribution in [2.45, 2.75) is 57.9 Å². The molecule has 2 saturated carbocycles. The number of aliphatic imine (C=N–C) groups is 1. The molecule has 2 atom stereocenters. The molecule has 2 heteroatoms. The van der Waals surface area contributed by atoms with E-state index in [1.165, 1.54) is 44.9 Å². The number of nitrogens with two attached hydrogens (primary N) is 1. The van der Waals surface area contributed by atoms with Gasteiger partial charge in [0.15, 0.2) is 0 Å². The lowest BCUT2D eigenvalue weighted by molar-refractivity contribution is 0.282. The molecule has 0 aliphatic heterocycles. The van der Waals surface area contributed by atoms with E-state index in [1.807, 2.05) is 0 Å². The Labute approximate surface area is 87.0 Å². The summed E-state index contributed by atoms with van der Waals surface area (Å²) in [6.07, 6.45) is 9.24. The van der Waals surface area contributed by atoms with Crippen LogP contribution in [0.2, 0.25) is 0 Å². The van der Waals surface area contributed by atoms with Crippen LogP contribution in [0.4, 0.5) is 0 Å². The molecule has 2 aliphatic carbocycles. The molecule has 0 bridgehead atoms. The van der Waals surface area contributed by atoms with Gasteiger partial charge in [-0.15, -0.1) is 0 Å². The molecular formula is C12H22N2. The maximum Gasteiger partial charge on any atom is 0.0971 e. The Morgan fingerprint density at radius 1 is 1.07 bits per heavy atom. The fraction of sp³-hybridized carbons (Fsp3) is 0.917. The van der Waals surface area contributed by atoms with Gasteiger partial charge in [0, 0.05) is 5.92 Å². The van der Waals surface area contributed by atoms with Crippen molar-refractivity contribution in [2.24, 2.45) is 22.6 Å². The molecule has 14 heavy (non-hydrogen) atoms. The summed E-state index contributed by atoms with van der Waals surface area (Å²) in [6.45, 7) is 2.28. The quantitative estimate of drug-likeness (QED) is 0.532. The molecule has 0 aromatic heterocycles. The molecule has 0 aromatic rings. The van der Waals surface area contributed by atoms with Gasteiger partial charge in [0.25, 0.3) is 0 Å². The number of nitrogens with zero attached hydrogens (tertiary/aromatic N) is 1. The lowest BCUT2D eigenvalue weighted by Crippen LogP contribution is -2.33. The van der Waals surface area contributed by atoms with E-state index in [4.69, 9.17) is 5.73 Å². The normalized spacial score (nSPS) is 35.4. The summed E-state index contributed by atoms with van der Waals surface area (Å²) >= 11 is 0. The summed E-state index contributed by atoms with van der Waals surface area (Å²) in [5.74, 6) is 2.34. The van der Waals surface area contributed by atoms with E-state index >= 15 is 0 Å². The summed E-state index contributed by atoms with van der Waals surface area (Å²) in [6, 6.07) is 0.553. The average molecular weight is 194 g/mol. The van der Waals surface area contributed by atoms with Crippen LogP contribution in [-0.2, 0) is 0 Å². The first-order valence-corrected chi connectivity index (χ1v) is 6.10. The predicted molar refractivity (Wildman–Crippen MR) is 60.4 cm³/mol. The molecule has 0 aromatic carbocycles. The molecule has 2 unspecified atom stereocenters. The highest BCUT2D eigenvalue weighted by molar-refractivity contribution is 5.83. The molecule has 0 amide bonds. The van der Waals surface area contributed by atoms with Gasteiger partial charge >= 0.3 is 0 Å². The summed E-state index contributed by atoms with van der Waals surface area (Å²) in [5, 5.41) is 0. The lowest BCUT2D eigenvalue weighted by atomic mass is 9.81. The highest BCUT2D eigenvalue weighted by atomic mass is 14.9. The minimum atomic E-state index is 0.553. The fourth-order valence-electron chi connectivity index (χ4n) is 2.54. The Balaban J connectivity index is 1.88. The van der Waals surface area contributed by atoms with Crippen molar-refractivity contribution in [3.63, 3.8) is 0 Å². The van der Waals surface area contributed by atoms with Crippen LogP contribution >= 0.6 is 0 Å². The van der Waals surface area contributed by atoms with E-state index in [0.29, 0.717) is 12.0 Å². The molecule has 0 heterocycles. The third-order valence-corrected chi connectivity index (χ3v) is 3.91. The minimum Gasteiger partial charge on any atom is -0.387 e. The first kappa shape index (κ1) is 10.0. The first-order valence-electron chi connectivity index (χ1n) is 6.10. The SMILES string of the molecule is CC1CCC1N=C(N)C1CCCCC1. The van der Waals surface area contributed by atoms with Gasteiger partial charge in [0.2, 0.25) is 0 Å². The van der Waals surface area contributed by atoms with Crippen molar-refractivity contribution in [2.75, 3.05) is 0 Å². The minimum absolute atomic E-state index is 0.553. The van der Waals surface area contributed by atoms with Gasteiger partial charge in [-0.05, 0) is 31.6 Å². The zero-order valence-electron chi connectivity index (χ0n) is 9.21. The maximum atomic E-state index is 6.07. The highest BCUT2D eigenvalue weighted by Gasteiger charge is 2.27. The van der Waals surface area contributed by atoms with Gasteiger partial charge in [-0.3, -0.25) is 4.99 Å². The van der Waals surface area contributed by atoms with E-state index in [1.54, 1.807) is 0 Å². The topological polar surface area (TPSA) is 38.4 Å². The zero-order valence-corrected chi connectivity index (χ0v) is 9.21. The van der Waals surface area contributed by atoms with Gasteiger partial charge in [-0.2, -0.15) is 0 Å². The lowest BCUT2D eigenvalue weighted by Gasteiger charge is -2.32. The van der Waals surface area contributed by atoms with Crippen LogP contribution in [0.3, 0.4) is 0 Å². The van der Waals surface area contributed by atoms with E-state index in [9.17, 15) is 0 Å². The van der Waals surface area contributed by atoms with E-state index in [-0.39, 0.29) is 0 Å². The molecule has 0 saturated heterocycles. The monoisotopic (exact) mass is 194 g/mol. The van der Waals surface area contributed by atoms with Crippen LogP contribution in [0.5, 0.6) is 0 Å². The van der Waals surface area contributed by atoms with E-state index in [2.05, 4.69) is 11.9 Å². The Morgan fingerprint density at radius 2 is 1.79 bits per heavy atom. The Morgan fingerprint density at radius 3 is 2.29 bits per heavy atom. The predicted octanol–water partition coefficient (Wildman–Crippen LogP) is 2.72. The van der Waals surface area contributed by atoms with Crippen LogP contribution in [-0.4, -0.2) is 11.9 Å². The Hall–Kier alpha value is -0.530. The summed E-state index contributed by atoms with van der Waals surface area (Å²) in [7, 11) is 0. The van der Waals surface area contributed by atoms with Gasteiger partial charge in [-0.1, -0.05) is 26.2 Å². The average Bonchev–Trinajstić information content (AvgIpc) is 2.24. The Bertz CT molecular complexity index is 216. The van der Waals surface area contributed by atoms with Crippen molar-refractivity contribution >= 4 is 5.84 Å². The van der Waals surface area contributed by atoms with Gasteiger partial charge in [-0.25, -0.2) is 0 Å². The van der Waals surface area contributed by atoms with Gasteiger partial charge < -0.3 is 5.73 Å². The van der Waals surface area contributed by atoms with E-state index < -0.39 is 0 Å². The molecule has 2 rings (SSSR count). The summed E-state index contributed by atoms with van der Waals surface area (Å²) in [4.78, 5) is 4.68. The molecule has 0 radical (unpaired) electrons. The highest BCUT2D eigenvalue weighted by Crippen LogP contribution is 2.31. The second kappa shape index (κ2) is 4.33. The van der Waals surface area contributed by atoms with Gasteiger partial charge in [0.05, 0.1) is 11.9 Å². The molecular weight excluding hydrogens is 172 g/mol. The third kappa shape index (κ3) is 2.10. The van der Waals surface area contributed by atoms with Crippen molar-refractivity contribution in [1.82, 2.24) is 0 Å². The van der Waals surface area contributed by atoms with Crippen LogP contribution in [0.1, 0.15) is 51.9 Å². The number of rotatable bonds is 2. The standard InChI is InChI=1S/C12H22N2/c1-9-7-8-11(9)14-12(13)10-5-3-2-4-6-10/h9-11H,2-8H2,1H3,(H2,13,14). The van der Waals surface area contributed by atoms with Gasteiger partial charge in [0.1, 0.15) is 0 Å². The number of hydrogen-bond acceptors (Lipinski definition) is 1. The van der Waals surface area contributed by atoms with Crippen molar-refractivity contribution < 1.29 is 0 Å². The first-order chi connectivity index (χ1) is 6.77. The molecule has 2 N–H and O–H groups in total. The summed E-state index contributed by atoms with van der Waals surface area (Å²) < 4.78 is 0. The van der Waals surface area contributed by atoms with Crippen molar-refractivity contribution in [3.8, 4) is 0 Å². The van der Waals surface area contributed by atoms with E-state index in [0.717, 1.165) is 11.8 Å². The zero-order chi connectivity index (χ0) is 9.97. The fourth-order valence-corrected chi connectivity index (χ4v) is 2.54. The van der Waals surface area contributed by atoms with Crippen molar-refractivity contribution in [1.29, 1.82) is 0 Å². The molecule has 0 spiro atoms. The molecule has 80 valence electrons. The maximum absolute atomic E-state index is 6.07. The molecule has 2 aliphatic rings. The van der Waals surface area contributed by atoms with Crippen molar-refractivity contribution in [3.05, 3.63) is 0 Å². The Kier molecular flexibility index (Phi) is 3.09. The second-order valence-electron chi connectivity index (χ2n) is 5.01. The van der Waals surface area contributed by atoms with Crippen LogP contribution in [0.25, 0.3) is 0 Å². The van der Waals surface area contributed by atoms with Crippen LogP contribution in [0.15, 0.2) is 4.99 Å². The smallest absolute Gasteiger partial charge is 0.0971 e. The third-order valence-electron chi connectivity index (χ3n) is 3.91. The molecule has 2 fully saturated rings.